The number of methoxy groups -OCH3 is 1. The molecule has 1 aromatic heterocycles. The van der Waals surface area contributed by atoms with Crippen molar-refractivity contribution in [1.82, 2.24) is 0 Å². The molecule has 22 heavy (non-hydrogen) atoms. The van der Waals surface area contributed by atoms with E-state index in [2.05, 4.69) is 10.1 Å². The van der Waals surface area contributed by atoms with Gasteiger partial charge in [-0.2, -0.15) is 0 Å². The van der Waals surface area contributed by atoms with Crippen molar-refractivity contribution in [2.24, 2.45) is 0 Å². The highest BCUT2D eigenvalue weighted by Gasteiger charge is 2.19. The Balaban J connectivity index is 2.49. The Morgan fingerprint density at radius 1 is 1.23 bits per heavy atom. The number of nitrogens with one attached hydrogen (secondary N) is 1. The van der Waals surface area contributed by atoms with Gasteiger partial charge in [-0.3, -0.25) is 4.79 Å². The van der Waals surface area contributed by atoms with Crippen molar-refractivity contribution in [3.05, 3.63) is 41.5 Å². The molecule has 0 aliphatic rings. The Morgan fingerprint density at radius 2 is 1.86 bits per heavy atom. The van der Waals surface area contributed by atoms with Gasteiger partial charge >= 0.3 is 5.97 Å². The molecule has 0 saturated carbocycles. The molecule has 2 rings (SSSR count). The molecule has 1 N–H and O–H groups in total. The van der Waals surface area contributed by atoms with Crippen molar-refractivity contribution in [1.29, 1.82) is 0 Å². The van der Waals surface area contributed by atoms with Crippen LogP contribution in [-0.2, 0) is 9.53 Å². The van der Waals surface area contributed by atoms with Gasteiger partial charge in [-0.1, -0.05) is 0 Å². The van der Waals surface area contributed by atoms with Crippen molar-refractivity contribution >= 4 is 39.8 Å². The molecule has 8 heteroatoms. The van der Waals surface area contributed by atoms with Crippen LogP contribution in [0.3, 0.4) is 0 Å². The van der Waals surface area contributed by atoms with E-state index >= 15 is 0 Å². The van der Waals surface area contributed by atoms with Gasteiger partial charge < -0.3 is 10.1 Å². The van der Waals surface area contributed by atoms with Gasteiger partial charge in [0.2, 0.25) is 5.91 Å². The Labute approximate surface area is 133 Å². The molecule has 1 aromatic carbocycles. The number of hydrogen-bond acceptors (Lipinski definition) is 4. The fraction of sp³-hybridized carbons (Fsp3) is 0.143. The van der Waals surface area contributed by atoms with Gasteiger partial charge in [-0.05, 0) is 23.8 Å². The number of carbonyl (C=O) groups excluding carboxylic acids is 2. The lowest BCUT2D eigenvalue weighted by molar-refractivity contribution is -0.113. The summed E-state index contributed by atoms with van der Waals surface area (Å²) in [5, 5.41) is 2.66. The number of amides is 1. The van der Waals surface area contributed by atoms with E-state index in [0.29, 0.717) is 4.88 Å². The monoisotopic (exact) mass is 345 g/mol. The maximum atomic E-state index is 13.3. The second-order valence-electron chi connectivity index (χ2n) is 4.18. The van der Waals surface area contributed by atoms with E-state index in [4.69, 9.17) is 11.6 Å². The first-order valence-electron chi connectivity index (χ1n) is 5.99. The lowest BCUT2D eigenvalue weighted by atomic mass is 10.1. The number of alkyl halides is 1. The quantitative estimate of drug-likeness (QED) is 0.679. The van der Waals surface area contributed by atoms with Crippen molar-refractivity contribution in [2.45, 2.75) is 0 Å². The Morgan fingerprint density at radius 3 is 2.41 bits per heavy atom. The van der Waals surface area contributed by atoms with Gasteiger partial charge in [0, 0.05) is 10.9 Å². The Kier molecular flexibility index (Phi) is 5.10. The predicted octanol–water partition coefficient (Wildman–Crippen LogP) is 3.66. The predicted molar refractivity (Wildman–Crippen MR) is 80.4 cm³/mol. The van der Waals surface area contributed by atoms with E-state index < -0.39 is 23.5 Å². The molecule has 0 spiro atoms. The molecule has 0 fully saturated rings. The third kappa shape index (κ3) is 3.61. The number of hydrogen-bond donors (Lipinski definition) is 1. The smallest absolute Gasteiger partial charge is 0.340 e. The summed E-state index contributed by atoms with van der Waals surface area (Å²) in [4.78, 5) is 23.5. The average molecular weight is 346 g/mol. The van der Waals surface area contributed by atoms with Crippen LogP contribution < -0.4 is 5.32 Å². The number of rotatable bonds is 4. The summed E-state index contributed by atoms with van der Waals surface area (Å²) < 4.78 is 31.2. The average Bonchev–Trinajstić information content (AvgIpc) is 2.89. The lowest BCUT2D eigenvalue weighted by Gasteiger charge is -2.02. The van der Waals surface area contributed by atoms with E-state index in [0.717, 1.165) is 29.5 Å². The molecule has 0 unspecified atom stereocenters. The van der Waals surface area contributed by atoms with Crippen LogP contribution in [0.4, 0.5) is 13.8 Å². The fourth-order valence-electron chi connectivity index (χ4n) is 1.74. The molecular formula is C14H10ClF2NO3S. The minimum Gasteiger partial charge on any atom is -0.465 e. The van der Waals surface area contributed by atoms with Crippen molar-refractivity contribution in [3.63, 3.8) is 0 Å². The molecule has 0 atom stereocenters. The zero-order valence-electron chi connectivity index (χ0n) is 11.3. The van der Waals surface area contributed by atoms with Crippen LogP contribution in [0, 0.1) is 11.6 Å². The van der Waals surface area contributed by atoms with Crippen LogP contribution in [0.1, 0.15) is 10.4 Å². The van der Waals surface area contributed by atoms with Crippen LogP contribution in [0.25, 0.3) is 10.4 Å². The van der Waals surface area contributed by atoms with Gasteiger partial charge in [-0.15, -0.1) is 22.9 Å². The first kappa shape index (κ1) is 16.4. The topological polar surface area (TPSA) is 55.4 Å². The SMILES string of the molecule is COC(=O)c1cc(-c2cc(F)cc(F)c2)sc1NC(=O)CCl. The highest BCUT2D eigenvalue weighted by Crippen LogP contribution is 2.36. The van der Waals surface area contributed by atoms with E-state index in [1.54, 1.807) is 0 Å². The maximum absolute atomic E-state index is 13.3. The summed E-state index contributed by atoms with van der Waals surface area (Å²) in [6.07, 6.45) is 0. The minimum absolute atomic E-state index is 0.0886. The third-order valence-electron chi connectivity index (χ3n) is 2.66. The molecule has 4 nitrogen and oxygen atoms in total. The zero-order chi connectivity index (χ0) is 16.3. The maximum Gasteiger partial charge on any atom is 0.340 e. The summed E-state index contributed by atoms with van der Waals surface area (Å²) in [6.45, 7) is 0. The third-order valence-corrected chi connectivity index (χ3v) is 4.00. The molecule has 0 aliphatic carbocycles. The molecule has 116 valence electrons. The largest absolute Gasteiger partial charge is 0.465 e. The number of thiophene rings is 1. The van der Waals surface area contributed by atoms with Gasteiger partial charge in [-0.25, -0.2) is 13.6 Å². The van der Waals surface area contributed by atoms with Crippen LogP contribution in [0.2, 0.25) is 0 Å². The van der Waals surface area contributed by atoms with Crippen molar-refractivity contribution in [2.75, 3.05) is 18.3 Å². The van der Waals surface area contributed by atoms with E-state index in [9.17, 15) is 18.4 Å². The molecule has 0 bridgehead atoms. The Hall–Kier alpha value is -1.99. The van der Waals surface area contributed by atoms with Gasteiger partial charge in [0.05, 0.1) is 12.7 Å². The summed E-state index contributed by atoms with van der Waals surface area (Å²) in [5.74, 6) is -2.96. The number of halogens is 3. The first-order chi connectivity index (χ1) is 10.4. The standard InChI is InChI=1S/C14H10ClF2NO3S/c1-21-14(20)10-5-11(22-13(10)18-12(19)6-15)7-2-8(16)4-9(17)3-7/h2-5H,6H2,1H3,(H,18,19). The molecule has 0 aliphatic heterocycles. The van der Waals surface area contributed by atoms with E-state index in [1.165, 1.54) is 13.2 Å². The Bertz CT molecular complexity index is 713. The fourth-order valence-corrected chi connectivity index (χ4v) is 2.86. The summed E-state index contributed by atoms with van der Waals surface area (Å²) in [5.41, 5.74) is 0.338. The van der Waals surface area contributed by atoms with Gasteiger partial charge in [0.15, 0.2) is 0 Å². The number of carbonyl (C=O) groups is 2. The minimum atomic E-state index is -0.741. The van der Waals surface area contributed by atoms with Crippen LogP contribution in [0.15, 0.2) is 24.3 Å². The second kappa shape index (κ2) is 6.85. The van der Waals surface area contributed by atoms with E-state index in [1.807, 2.05) is 0 Å². The summed E-state index contributed by atoms with van der Waals surface area (Å²) in [6, 6.07) is 4.40. The second-order valence-corrected chi connectivity index (χ2v) is 5.50. The number of anilines is 1. The number of esters is 1. The number of benzene rings is 1. The zero-order valence-corrected chi connectivity index (χ0v) is 12.9. The normalized spacial score (nSPS) is 10.4. The van der Waals surface area contributed by atoms with Crippen molar-refractivity contribution in [3.8, 4) is 10.4 Å². The molecule has 1 heterocycles. The lowest BCUT2D eigenvalue weighted by Crippen LogP contribution is -2.14. The van der Waals surface area contributed by atoms with E-state index in [-0.39, 0.29) is 22.0 Å². The van der Waals surface area contributed by atoms with Crippen LogP contribution in [0.5, 0.6) is 0 Å². The van der Waals surface area contributed by atoms with Crippen molar-refractivity contribution < 1.29 is 23.1 Å². The molecular weight excluding hydrogens is 336 g/mol. The molecule has 2 aromatic rings. The van der Waals surface area contributed by atoms with Gasteiger partial charge in [0.1, 0.15) is 22.5 Å². The molecule has 0 radical (unpaired) electrons. The van der Waals surface area contributed by atoms with Crippen LogP contribution >= 0.6 is 22.9 Å². The highest BCUT2D eigenvalue weighted by atomic mass is 35.5. The highest BCUT2D eigenvalue weighted by molar-refractivity contribution is 7.20. The van der Waals surface area contributed by atoms with Crippen LogP contribution in [-0.4, -0.2) is 24.9 Å². The first-order valence-corrected chi connectivity index (χ1v) is 7.34. The molecule has 1 amide bonds. The molecule has 0 saturated heterocycles. The van der Waals surface area contributed by atoms with Gasteiger partial charge in [0.25, 0.3) is 0 Å². The summed E-state index contributed by atoms with van der Waals surface area (Å²) in [7, 11) is 1.19. The summed E-state index contributed by atoms with van der Waals surface area (Å²) >= 11 is 6.40. The number of ether oxygens (including phenoxy) is 1.